The van der Waals surface area contributed by atoms with Gasteiger partial charge in [0.25, 0.3) is 0 Å². The normalized spacial score (nSPS) is 15.0. The van der Waals surface area contributed by atoms with E-state index < -0.39 is 16.1 Å². The van der Waals surface area contributed by atoms with Gasteiger partial charge in [-0.25, -0.2) is 0 Å². The maximum absolute atomic E-state index is 2.49. The quantitative estimate of drug-likeness (QED) is 0.0668. The maximum atomic E-state index is 2.49. The molecule has 0 nitrogen and oxygen atoms in total. The summed E-state index contributed by atoms with van der Waals surface area (Å²) in [5.74, 6) is 3.12. The van der Waals surface area contributed by atoms with Crippen LogP contribution in [-0.4, -0.2) is 16.1 Å². The molecular formula is C98H146FeSi2+2. The molecule has 2 aliphatic carbocycles. The van der Waals surface area contributed by atoms with Gasteiger partial charge in [0.2, 0.25) is 0 Å². The predicted octanol–water partition coefficient (Wildman–Crippen LogP) is 29.1. The van der Waals surface area contributed by atoms with Crippen molar-refractivity contribution in [1.29, 1.82) is 0 Å². The van der Waals surface area contributed by atoms with Crippen LogP contribution in [0.25, 0.3) is 44.5 Å². The van der Waals surface area contributed by atoms with Gasteiger partial charge in [-0.2, -0.15) is 0 Å². The fourth-order valence-corrected chi connectivity index (χ4v) is 17.8. The summed E-state index contributed by atoms with van der Waals surface area (Å²) in [5.41, 5.74) is 25.8. The molecule has 0 N–H and O–H groups in total. The number of hydrogen-bond acceptors (Lipinski definition) is 0. The van der Waals surface area contributed by atoms with Crippen LogP contribution >= 0.6 is 0 Å². The summed E-state index contributed by atoms with van der Waals surface area (Å²) >= 11 is 0. The van der Waals surface area contributed by atoms with E-state index in [2.05, 4.69) is 341 Å². The molecule has 2 aliphatic rings. The van der Waals surface area contributed by atoms with E-state index >= 15 is 0 Å². The molecule has 3 heteroatoms. The first-order chi connectivity index (χ1) is 46.4. The van der Waals surface area contributed by atoms with Crippen LogP contribution in [0.5, 0.6) is 0 Å². The Morgan fingerprint density at radius 1 is 0.327 bits per heavy atom. The minimum absolute atomic E-state index is 0. The molecule has 2 saturated carbocycles. The van der Waals surface area contributed by atoms with Crippen LogP contribution in [0.1, 0.15) is 252 Å². The van der Waals surface area contributed by atoms with E-state index in [1.165, 1.54) is 153 Å². The second-order valence-corrected chi connectivity index (χ2v) is 43.7. The average molecular weight is 1440 g/mol. The van der Waals surface area contributed by atoms with Gasteiger partial charge < -0.3 is 14.9 Å². The monoisotopic (exact) mass is 1440 g/mol. The van der Waals surface area contributed by atoms with Crippen LogP contribution in [-0.2, 0) is 79.3 Å². The average Bonchev–Trinajstić information content (AvgIpc) is 1.78. The van der Waals surface area contributed by atoms with Crippen molar-refractivity contribution in [2.45, 2.75) is 296 Å². The fourth-order valence-electron chi connectivity index (χ4n) is 14.7. The van der Waals surface area contributed by atoms with Gasteiger partial charge in [0.15, 0.2) is 0 Å². The van der Waals surface area contributed by atoms with Crippen LogP contribution in [0, 0.1) is 32.6 Å². The minimum Gasteiger partial charge on any atom is -0.358 e. The first-order valence-corrected chi connectivity index (χ1v) is 45.8. The predicted molar refractivity (Wildman–Crippen MR) is 462 cm³/mol. The third-order valence-corrected chi connectivity index (χ3v) is 29.9. The van der Waals surface area contributed by atoms with E-state index in [-0.39, 0.29) is 42.8 Å². The Balaban J connectivity index is 0.000000435. The molecular weight excluding hydrogens is 1290 g/mol. The van der Waals surface area contributed by atoms with Gasteiger partial charge in [0.1, 0.15) is 0 Å². The zero-order valence-electron chi connectivity index (χ0n) is 69.8. The van der Waals surface area contributed by atoms with Crippen LogP contribution in [0.15, 0.2) is 170 Å². The number of rotatable bonds is 16. The van der Waals surface area contributed by atoms with E-state index in [4.69, 9.17) is 0 Å². The largest absolute Gasteiger partial charge is 4.00 e. The Morgan fingerprint density at radius 2 is 0.624 bits per heavy atom. The molecule has 0 amide bonds. The van der Waals surface area contributed by atoms with E-state index in [1.54, 1.807) is 21.5 Å². The van der Waals surface area contributed by atoms with Crippen molar-refractivity contribution in [3.05, 3.63) is 240 Å². The molecule has 0 aliphatic heterocycles. The standard InChI is InChI=1S/C30H38.C22H22.C16H28Si.C13H22Si.C10H20.C5H10.2CH3.Fe/c1-9-21-19-27(23-11-15-25(16-12-23)29(3,4)5)28(20-22(21)10-2)24-13-17-26(18-14-24)30(6,7)8;1-3-19-20(4-2)22(18-13-9-6-10-14-18)16-15-21(19)17-11-7-5-8-12-17;1-8-13-10-11-15(12-14(13)9-2)17(6,7)16(3,4)5;1-6-11-8-9-13(14(3,4)5)10-12(11)7-2;1-4-9-6-8(3)7-10(9)5-2;1-2-4-5-3-1;;;/h11-20H,9-10H2,1-8H3;5-16H,3-4H2,1-2H3;10-12H,8-9H2,1-7H3;8-10H,6-7H2,1-5H3;8-10H,4-7H2,1-3H3;1-5H2;2*1H3;/q;;;;;;2*-1;+4. The molecule has 0 bridgehead atoms. The number of benzene rings is 8. The molecule has 0 aromatic heterocycles. The van der Waals surface area contributed by atoms with E-state index in [0.29, 0.717) is 5.04 Å². The molecule has 2 atom stereocenters. The van der Waals surface area contributed by atoms with Crippen molar-refractivity contribution >= 4 is 26.5 Å². The topological polar surface area (TPSA) is 0 Å². The smallest absolute Gasteiger partial charge is 0.358 e. The van der Waals surface area contributed by atoms with Gasteiger partial charge in [-0.1, -0.05) is 396 Å². The Morgan fingerprint density at radius 3 is 0.901 bits per heavy atom. The molecule has 101 heavy (non-hydrogen) atoms. The summed E-state index contributed by atoms with van der Waals surface area (Å²) in [6, 6.07) is 63.6. The molecule has 2 unspecified atom stereocenters. The summed E-state index contributed by atoms with van der Waals surface area (Å²) in [7, 11) is -2.48. The van der Waals surface area contributed by atoms with Gasteiger partial charge in [0.05, 0.1) is 16.1 Å². The molecule has 0 radical (unpaired) electrons. The first-order valence-electron chi connectivity index (χ1n) is 39.3. The van der Waals surface area contributed by atoms with Crippen LogP contribution in [0.4, 0.5) is 0 Å². The van der Waals surface area contributed by atoms with E-state index in [1.807, 2.05) is 0 Å². The van der Waals surface area contributed by atoms with Gasteiger partial charge in [-0.05, 0) is 198 Å². The Kier molecular flexibility index (Phi) is 39.3. The molecule has 8 aromatic carbocycles. The zero-order chi connectivity index (χ0) is 72.6. The van der Waals surface area contributed by atoms with Crippen LogP contribution in [0.2, 0.25) is 37.8 Å². The molecule has 8 aromatic rings. The van der Waals surface area contributed by atoms with Crippen molar-refractivity contribution in [2.24, 2.45) is 17.8 Å². The second kappa shape index (κ2) is 43.2. The fraction of sp³-hybridized carbons (Fsp3) is 0.490. The first kappa shape index (κ1) is 91.8. The third-order valence-electron chi connectivity index (χ3n) is 22.3. The Labute approximate surface area is 637 Å². The zero-order valence-corrected chi connectivity index (χ0v) is 72.9. The number of hydrogen-bond donors (Lipinski definition) is 0. The maximum Gasteiger partial charge on any atom is 4.00 e. The van der Waals surface area contributed by atoms with Crippen LogP contribution < -0.4 is 10.4 Å². The summed E-state index contributed by atoms with van der Waals surface area (Å²) in [6.45, 7) is 58.2. The molecule has 0 spiro atoms. The molecule has 0 saturated heterocycles. The van der Waals surface area contributed by atoms with Gasteiger partial charge in [0, 0.05) is 0 Å². The van der Waals surface area contributed by atoms with Crippen molar-refractivity contribution in [3.63, 3.8) is 0 Å². The van der Waals surface area contributed by atoms with E-state index in [9.17, 15) is 0 Å². The third kappa shape index (κ3) is 26.4. The van der Waals surface area contributed by atoms with Crippen LogP contribution in [0.3, 0.4) is 0 Å². The van der Waals surface area contributed by atoms with Crippen molar-refractivity contribution in [2.75, 3.05) is 0 Å². The number of aryl methyl sites for hydroxylation is 6. The van der Waals surface area contributed by atoms with E-state index in [0.717, 1.165) is 62.7 Å². The van der Waals surface area contributed by atoms with Gasteiger partial charge in [-0.3, -0.25) is 0 Å². The van der Waals surface area contributed by atoms with Gasteiger partial charge >= 0.3 is 17.1 Å². The molecule has 2 fully saturated rings. The summed E-state index contributed by atoms with van der Waals surface area (Å²) in [4.78, 5) is 0. The Hall–Kier alpha value is -5.29. The summed E-state index contributed by atoms with van der Waals surface area (Å²) in [5, 5.41) is 3.62. The van der Waals surface area contributed by atoms with Crippen molar-refractivity contribution in [3.8, 4) is 44.5 Å². The summed E-state index contributed by atoms with van der Waals surface area (Å²) in [6.07, 6.45) is 22.2. The van der Waals surface area contributed by atoms with Crippen molar-refractivity contribution < 1.29 is 17.1 Å². The minimum atomic E-state index is -1.36. The van der Waals surface area contributed by atoms with Crippen molar-refractivity contribution in [1.82, 2.24) is 0 Å². The van der Waals surface area contributed by atoms with Gasteiger partial charge in [-0.15, -0.1) is 0 Å². The SMILES string of the molecule is C1CCCC1.CCC1CC(C)CC1CC.CCc1c(-c2ccccc2)ccc(-c2ccccc2)c1CC.CCc1cc(-c2ccc(C(C)(C)C)cc2)c(-c2ccc(C(C)(C)C)cc2)cc1CC.CCc1ccc([Si](C)(C)C(C)(C)C)cc1CC.CCc1ccc([Si](C)(C)C)cc1CC.[CH3-].[CH3-].[Fe+4]. The molecule has 552 valence electrons. The molecule has 10 rings (SSSR count). The Bertz CT molecular complexity index is 3440. The summed E-state index contributed by atoms with van der Waals surface area (Å²) < 4.78 is 0. The second-order valence-electron chi connectivity index (χ2n) is 33.3. The molecule has 0 heterocycles.